The van der Waals surface area contributed by atoms with E-state index in [1.165, 1.54) is 0 Å². The van der Waals surface area contributed by atoms with E-state index in [0.29, 0.717) is 12.8 Å². The number of aromatic nitrogens is 2. The number of nitrogens with two attached hydrogens (primary N) is 1. The summed E-state index contributed by atoms with van der Waals surface area (Å²) in [6, 6.07) is 19.9. The molecule has 0 fully saturated rings. The molecule has 2 atom stereocenters. The average molecular weight is 498 g/mol. The van der Waals surface area contributed by atoms with Crippen LogP contribution in [0.3, 0.4) is 0 Å². The zero-order chi connectivity index (χ0) is 22.0. The van der Waals surface area contributed by atoms with Crippen LogP contribution in [0.15, 0.2) is 75.9 Å². The molecule has 0 radical (unpaired) electrons. The van der Waals surface area contributed by atoms with Crippen LogP contribution >= 0.6 is 15.9 Å². The van der Waals surface area contributed by atoms with Crippen molar-refractivity contribution in [2.24, 2.45) is 5.14 Å². The van der Waals surface area contributed by atoms with Crippen LogP contribution in [-0.2, 0) is 17.4 Å². The van der Waals surface area contributed by atoms with E-state index in [1.807, 2.05) is 62.4 Å². The fourth-order valence-electron chi connectivity index (χ4n) is 3.91. The summed E-state index contributed by atoms with van der Waals surface area (Å²) in [7, 11) is -1.47. The molecule has 160 valence electrons. The van der Waals surface area contributed by atoms with E-state index in [2.05, 4.69) is 38.2 Å². The summed E-state index contributed by atoms with van der Waals surface area (Å²) in [5.41, 5.74) is 4.61. The lowest BCUT2D eigenvalue weighted by atomic mass is 9.83. The standard InChI is InChI=1S/C24H24BrN3O2S/c1-24(2,31(26)29)15-16(13-18-7-5-6-12-27-18)21-14-17(25)10-11-19(21)23-20-8-3-4-9-22(20)30-28-23/h3-12,14,16H,13,15,26H2,1-2H3/t16-,31?/m0/s1. The number of fused-ring (bicyclic) bond motifs is 1. The van der Waals surface area contributed by atoms with Gasteiger partial charge in [0.15, 0.2) is 5.58 Å². The Hall–Kier alpha value is -2.35. The first kappa shape index (κ1) is 21.9. The molecular weight excluding hydrogens is 474 g/mol. The van der Waals surface area contributed by atoms with Crippen molar-refractivity contribution in [1.82, 2.24) is 10.1 Å². The van der Waals surface area contributed by atoms with Gasteiger partial charge < -0.3 is 4.52 Å². The lowest BCUT2D eigenvalue weighted by Gasteiger charge is -2.29. The molecule has 0 saturated carbocycles. The number of hydrogen-bond acceptors (Lipinski definition) is 4. The highest BCUT2D eigenvalue weighted by Gasteiger charge is 2.31. The maximum atomic E-state index is 12.3. The second-order valence-electron chi connectivity index (χ2n) is 8.24. The molecule has 0 amide bonds. The van der Waals surface area contributed by atoms with Crippen LogP contribution in [0.1, 0.15) is 37.4 Å². The van der Waals surface area contributed by atoms with Gasteiger partial charge in [-0.25, -0.2) is 4.21 Å². The maximum Gasteiger partial charge on any atom is 0.167 e. The summed E-state index contributed by atoms with van der Waals surface area (Å²) in [6.45, 7) is 3.88. The second kappa shape index (κ2) is 9.02. The van der Waals surface area contributed by atoms with Crippen molar-refractivity contribution >= 4 is 37.9 Å². The van der Waals surface area contributed by atoms with Gasteiger partial charge in [-0.2, -0.15) is 0 Å². The van der Waals surface area contributed by atoms with E-state index in [1.54, 1.807) is 6.20 Å². The molecule has 0 aliphatic heterocycles. The van der Waals surface area contributed by atoms with Crippen molar-refractivity contribution in [1.29, 1.82) is 0 Å². The monoisotopic (exact) mass is 497 g/mol. The van der Waals surface area contributed by atoms with Gasteiger partial charge in [0.05, 0.1) is 15.7 Å². The Kier molecular flexibility index (Phi) is 6.36. The quantitative estimate of drug-likeness (QED) is 0.351. The van der Waals surface area contributed by atoms with E-state index >= 15 is 0 Å². The Morgan fingerprint density at radius 1 is 1.13 bits per heavy atom. The van der Waals surface area contributed by atoms with Gasteiger partial charge in [-0.15, -0.1) is 0 Å². The Morgan fingerprint density at radius 3 is 2.65 bits per heavy atom. The number of benzene rings is 2. The fourth-order valence-corrected chi connectivity index (χ4v) is 4.65. The van der Waals surface area contributed by atoms with Gasteiger partial charge >= 0.3 is 0 Å². The van der Waals surface area contributed by atoms with Crippen LogP contribution in [-0.4, -0.2) is 19.1 Å². The highest BCUT2D eigenvalue weighted by atomic mass is 79.9. The molecule has 2 aromatic heterocycles. The van der Waals surface area contributed by atoms with Gasteiger partial charge in [-0.3, -0.25) is 10.1 Å². The SMILES string of the molecule is CC(C)(C[C@H](Cc1ccccn1)c1cc(Br)ccc1-c1noc2ccccc12)S(N)=O. The van der Waals surface area contributed by atoms with Crippen molar-refractivity contribution in [2.75, 3.05) is 0 Å². The van der Waals surface area contributed by atoms with Crippen molar-refractivity contribution < 1.29 is 8.73 Å². The molecule has 5 nitrogen and oxygen atoms in total. The predicted molar refractivity (Wildman–Crippen MR) is 129 cm³/mol. The summed E-state index contributed by atoms with van der Waals surface area (Å²) < 4.78 is 18.3. The van der Waals surface area contributed by atoms with E-state index in [4.69, 9.17) is 9.66 Å². The summed E-state index contributed by atoms with van der Waals surface area (Å²) in [4.78, 5) is 4.53. The summed E-state index contributed by atoms with van der Waals surface area (Å²) >= 11 is 3.63. The lowest BCUT2D eigenvalue weighted by Crippen LogP contribution is -2.34. The van der Waals surface area contributed by atoms with Crippen LogP contribution < -0.4 is 5.14 Å². The van der Waals surface area contributed by atoms with Crippen molar-refractivity contribution in [3.63, 3.8) is 0 Å². The van der Waals surface area contributed by atoms with E-state index < -0.39 is 15.7 Å². The first-order valence-electron chi connectivity index (χ1n) is 10.1. The van der Waals surface area contributed by atoms with Crippen LogP contribution in [0, 0.1) is 0 Å². The Morgan fingerprint density at radius 2 is 1.90 bits per heavy atom. The van der Waals surface area contributed by atoms with Crippen molar-refractivity contribution in [3.05, 3.63) is 82.6 Å². The highest BCUT2D eigenvalue weighted by Crippen LogP contribution is 2.40. The molecule has 4 rings (SSSR count). The minimum absolute atomic E-state index is 0.0281. The van der Waals surface area contributed by atoms with E-state index in [0.717, 1.165) is 38.0 Å². The predicted octanol–water partition coefficient (Wildman–Crippen LogP) is 5.77. The third-order valence-electron chi connectivity index (χ3n) is 5.55. The zero-order valence-corrected chi connectivity index (χ0v) is 19.8. The fraction of sp³-hybridized carbons (Fsp3) is 0.250. The molecule has 31 heavy (non-hydrogen) atoms. The number of para-hydroxylation sites is 1. The molecule has 1 unspecified atom stereocenters. The zero-order valence-electron chi connectivity index (χ0n) is 17.4. The van der Waals surface area contributed by atoms with Gasteiger partial charge in [0.1, 0.15) is 5.69 Å². The van der Waals surface area contributed by atoms with E-state index in [-0.39, 0.29) is 5.92 Å². The Bertz CT molecular complexity index is 1220. The molecule has 0 aliphatic rings. The molecule has 0 bridgehead atoms. The van der Waals surface area contributed by atoms with Crippen molar-refractivity contribution in [2.45, 2.75) is 37.4 Å². The Balaban J connectivity index is 1.86. The first-order chi connectivity index (χ1) is 14.8. The number of hydrogen-bond donors (Lipinski definition) is 1. The first-order valence-corrected chi connectivity index (χ1v) is 12.1. The third kappa shape index (κ3) is 4.79. The smallest absolute Gasteiger partial charge is 0.167 e. The molecule has 0 saturated heterocycles. The molecule has 7 heteroatoms. The van der Waals surface area contributed by atoms with Gasteiger partial charge in [0.2, 0.25) is 0 Å². The van der Waals surface area contributed by atoms with Gasteiger partial charge in [-0.05, 0) is 74.6 Å². The van der Waals surface area contributed by atoms with Crippen LogP contribution in [0.2, 0.25) is 0 Å². The molecule has 2 heterocycles. The normalized spacial score (nSPS) is 13.9. The van der Waals surface area contributed by atoms with Crippen LogP contribution in [0.5, 0.6) is 0 Å². The average Bonchev–Trinajstić information content (AvgIpc) is 3.18. The van der Waals surface area contributed by atoms with Gasteiger partial charge in [-0.1, -0.05) is 45.4 Å². The molecule has 2 N–H and O–H groups in total. The van der Waals surface area contributed by atoms with E-state index in [9.17, 15) is 4.21 Å². The third-order valence-corrected chi connectivity index (χ3v) is 7.30. The summed E-state index contributed by atoms with van der Waals surface area (Å²) in [5, 5.41) is 11.2. The summed E-state index contributed by atoms with van der Waals surface area (Å²) in [5.74, 6) is 0.0281. The number of halogens is 1. The largest absolute Gasteiger partial charge is 0.356 e. The minimum Gasteiger partial charge on any atom is -0.356 e. The van der Waals surface area contributed by atoms with Gasteiger partial charge in [0.25, 0.3) is 0 Å². The maximum absolute atomic E-state index is 12.3. The van der Waals surface area contributed by atoms with Crippen LogP contribution in [0.4, 0.5) is 0 Å². The number of pyridine rings is 1. The summed E-state index contributed by atoms with van der Waals surface area (Å²) in [6.07, 6.45) is 3.12. The lowest BCUT2D eigenvalue weighted by molar-refractivity contribution is 0.459. The molecule has 0 spiro atoms. The second-order valence-corrected chi connectivity index (χ2v) is 10.9. The molecule has 2 aromatic carbocycles. The van der Waals surface area contributed by atoms with Crippen LogP contribution in [0.25, 0.3) is 22.2 Å². The Labute approximate surface area is 192 Å². The topological polar surface area (TPSA) is 82.0 Å². The number of nitrogens with zero attached hydrogens (tertiary/aromatic N) is 2. The van der Waals surface area contributed by atoms with Crippen molar-refractivity contribution in [3.8, 4) is 11.3 Å². The number of rotatable bonds is 7. The minimum atomic E-state index is -1.47. The molecule has 4 aromatic rings. The highest BCUT2D eigenvalue weighted by molar-refractivity contribution is 9.10. The molecular formula is C24H24BrN3O2S. The van der Waals surface area contributed by atoms with Gasteiger partial charge in [0, 0.05) is 27.3 Å². The molecule has 0 aliphatic carbocycles.